The van der Waals surface area contributed by atoms with Crippen LogP contribution in [0.25, 0.3) is 0 Å². The van der Waals surface area contributed by atoms with E-state index in [0.29, 0.717) is 11.7 Å². The molecule has 1 nitrogen and oxygen atoms in total. The summed E-state index contributed by atoms with van der Waals surface area (Å²) in [5, 5.41) is 9.68. The van der Waals surface area contributed by atoms with Gasteiger partial charge in [0.25, 0.3) is 0 Å². The first-order valence-corrected chi connectivity index (χ1v) is 5.05. The molecule has 1 aromatic rings. The van der Waals surface area contributed by atoms with E-state index in [-0.39, 0.29) is 0 Å². The summed E-state index contributed by atoms with van der Waals surface area (Å²) in [6, 6.07) is 5.77. The molecule has 0 spiro atoms. The Hall–Kier alpha value is -1.24. The van der Waals surface area contributed by atoms with Crippen molar-refractivity contribution in [1.82, 2.24) is 0 Å². The average Bonchev–Trinajstić information content (AvgIpc) is 2.18. The van der Waals surface area contributed by atoms with E-state index in [0.717, 1.165) is 12.0 Å². The first-order valence-electron chi connectivity index (χ1n) is 5.05. The quantitative estimate of drug-likeness (QED) is 0.719. The summed E-state index contributed by atoms with van der Waals surface area (Å²) in [5.74, 6) is 0.790. The number of hydrogen-bond acceptors (Lipinski definition) is 1. The van der Waals surface area contributed by atoms with Gasteiger partial charge in [-0.1, -0.05) is 36.8 Å². The van der Waals surface area contributed by atoms with Crippen LogP contribution in [0, 0.1) is 6.92 Å². The Labute approximate surface area is 86.1 Å². The lowest BCUT2D eigenvalue weighted by molar-refractivity contribution is 0.463. The molecule has 1 unspecified atom stereocenters. The highest BCUT2D eigenvalue weighted by molar-refractivity contribution is 5.38. The summed E-state index contributed by atoms with van der Waals surface area (Å²) in [6.07, 6.45) is 5.16. The molecule has 0 amide bonds. The molecule has 0 aliphatic carbocycles. The SMILES string of the molecule is C/C=C\CC(C)c1cc(C)ccc1O. The van der Waals surface area contributed by atoms with E-state index in [9.17, 15) is 5.11 Å². The summed E-state index contributed by atoms with van der Waals surface area (Å²) >= 11 is 0. The number of benzene rings is 1. The van der Waals surface area contributed by atoms with Crippen molar-refractivity contribution >= 4 is 0 Å². The van der Waals surface area contributed by atoms with E-state index in [1.807, 2.05) is 26.0 Å². The van der Waals surface area contributed by atoms with Gasteiger partial charge in [-0.05, 0) is 37.8 Å². The lowest BCUT2D eigenvalue weighted by atomic mass is 9.95. The Kier molecular flexibility index (Phi) is 3.75. The molecule has 1 aromatic carbocycles. The van der Waals surface area contributed by atoms with Gasteiger partial charge in [-0.15, -0.1) is 0 Å². The number of aromatic hydroxyl groups is 1. The molecule has 1 N–H and O–H groups in total. The largest absolute Gasteiger partial charge is 0.508 e. The minimum atomic E-state index is 0.381. The highest BCUT2D eigenvalue weighted by Crippen LogP contribution is 2.28. The van der Waals surface area contributed by atoms with E-state index in [2.05, 4.69) is 19.1 Å². The normalized spacial score (nSPS) is 13.4. The Morgan fingerprint density at radius 3 is 2.79 bits per heavy atom. The molecular formula is C13H18O. The number of allylic oxidation sites excluding steroid dienone is 2. The Balaban J connectivity index is 2.87. The summed E-state index contributed by atoms with van der Waals surface area (Å²) < 4.78 is 0. The number of phenolic OH excluding ortho intramolecular Hbond substituents is 1. The Morgan fingerprint density at radius 2 is 2.14 bits per heavy atom. The fourth-order valence-corrected chi connectivity index (χ4v) is 1.54. The van der Waals surface area contributed by atoms with E-state index < -0.39 is 0 Å². The smallest absolute Gasteiger partial charge is 0.119 e. The van der Waals surface area contributed by atoms with Crippen molar-refractivity contribution in [1.29, 1.82) is 0 Å². The van der Waals surface area contributed by atoms with Crippen molar-refractivity contribution in [3.8, 4) is 5.75 Å². The Morgan fingerprint density at radius 1 is 1.43 bits per heavy atom. The van der Waals surface area contributed by atoms with Crippen LogP contribution in [0.4, 0.5) is 0 Å². The second-order valence-corrected chi connectivity index (χ2v) is 3.77. The second kappa shape index (κ2) is 4.85. The molecule has 0 aromatic heterocycles. The Bertz CT molecular complexity index is 326. The molecule has 0 saturated carbocycles. The van der Waals surface area contributed by atoms with E-state index in [1.54, 1.807) is 6.07 Å². The summed E-state index contributed by atoms with van der Waals surface area (Å²) in [6.45, 7) is 6.20. The molecule has 1 atom stereocenters. The summed E-state index contributed by atoms with van der Waals surface area (Å²) in [5.41, 5.74) is 2.24. The van der Waals surface area contributed by atoms with Crippen molar-refractivity contribution in [2.75, 3.05) is 0 Å². The lowest BCUT2D eigenvalue weighted by Gasteiger charge is -2.12. The van der Waals surface area contributed by atoms with Crippen molar-refractivity contribution < 1.29 is 5.11 Å². The maximum absolute atomic E-state index is 9.68. The third-order valence-corrected chi connectivity index (χ3v) is 2.44. The molecule has 1 rings (SSSR count). The molecule has 0 fully saturated rings. The van der Waals surface area contributed by atoms with Gasteiger partial charge in [0.15, 0.2) is 0 Å². The number of aryl methyl sites for hydroxylation is 1. The molecule has 0 radical (unpaired) electrons. The van der Waals surface area contributed by atoms with Crippen LogP contribution in [-0.4, -0.2) is 5.11 Å². The number of rotatable bonds is 3. The van der Waals surface area contributed by atoms with Crippen LogP contribution in [-0.2, 0) is 0 Å². The highest BCUT2D eigenvalue weighted by Gasteiger charge is 2.08. The minimum absolute atomic E-state index is 0.381. The first-order chi connectivity index (χ1) is 6.65. The monoisotopic (exact) mass is 190 g/mol. The molecule has 14 heavy (non-hydrogen) atoms. The first kappa shape index (κ1) is 10.8. The summed E-state index contributed by atoms with van der Waals surface area (Å²) in [4.78, 5) is 0. The predicted octanol–water partition coefficient (Wildman–Crippen LogP) is 3.77. The van der Waals surface area contributed by atoms with Gasteiger partial charge in [0, 0.05) is 0 Å². The minimum Gasteiger partial charge on any atom is -0.508 e. The zero-order chi connectivity index (χ0) is 10.6. The van der Waals surface area contributed by atoms with Crippen LogP contribution >= 0.6 is 0 Å². The summed E-state index contributed by atoms with van der Waals surface area (Å²) in [7, 11) is 0. The molecule has 0 bridgehead atoms. The number of hydrogen-bond donors (Lipinski definition) is 1. The van der Waals surface area contributed by atoms with Crippen LogP contribution in [0.5, 0.6) is 5.75 Å². The van der Waals surface area contributed by atoms with Gasteiger partial charge in [0.2, 0.25) is 0 Å². The third-order valence-electron chi connectivity index (χ3n) is 2.44. The maximum Gasteiger partial charge on any atom is 0.119 e. The topological polar surface area (TPSA) is 20.2 Å². The van der Waals surface area contributed by atoms with Gasteiger partial charge >= 0.3 is 0 Å². The standard InChI is InChI=1S/C13H18O/c1-4-5-6-11(3)12-9-10(2)7-8-13(12)14/h4-5,7-9,11,14H,6H2,1-3H3/b5-4-. The van der Waals surface area contributed by atoms with Crippen molar-refractivity contribution in [3.05, 3.63) is 41.5 Å². The number of phenols is 1. The van der Waals surface area contributed by atoms with E-state index in [1.165, 1.54) is 5.56 Å². The van der Waals surface area contributed by atoms with Gasteiger partial charge in [0.1, 0.15) is 5.75 Å². The third kappa shape index (κ3) is 2.63. The predicted molar refractivity (Wildman–Crippen MR) is 60.7 cm³/mol. The van der Waals surface area contributed by atoms with Gasteiger partial charge in [-0.25, -0.2) is 0 Å². The van der Waals surface area contributed by atoms with Crippen LogP contribution < -0.4 is 0 Å². The molecule has 0 aliphatic heterocycles. The maximum atomic E-state index is 9.68. The van der Waals surface area contributed by atoms with E-state index in [4.69, 9.17) is 0 Å². The van der Waals surface area contributed by atoms with Crippen molar-refractivity contribution in [2.24, 2.45) is 0 Å². The van der Waals surface area contributed by atoms with Gasteiger partial charge in [-0.3, -0.25) is 0 Å². The van der Waals surface area contributed by atoms with E-state index >= 15 is 0 Å². The highest BCUT2D eigenvalue weighted by atomic mass is 16.3. The fourth-order valence-electron chi connectivity index (χ4n) is 1.54. The van der Waals surface area contributed by atoms with Crippen molar-refractivity contribution in [2.45, 2.75) is 33.1 Å². The molecular weight excluding hydrogens is 172 g/mol. The van der Waals surface area contributed by atoms with Crippen LogP contribution in [0.1, 0.15) is 37.3 Å². The van der Waals surface area contributed by atoms with Gasteiger partial charge < -0.3 is 5.11 Å². The van der Waals surface area contributed by atoms with Gasteiger partial charge in [0.05, 0.1) is 0 Å². The molecule has 0 aliphatic rings. The van der Waals surface area contributed by atoms with Crippen molar-refractivity contribution in [3.63, 3.8) is 0 Å². The lowest BCUT2D eigenvalue weighted by Crippen LogP contribution is -1.93. The molecule has 76 valence electrons. The molecule has 1 heteroatoms. The zero-order valence-electron chi connectivity index (χ0n) is 9.12. The van der Waals surface area contributed by atoms with Crippen LogP contribution in [0.15, 0.2) is 30.4 Å². The average molecular weight is 190 g/mol. The van der Waals surface area contributed by atoms with Crippen LogP contribution in [0.2, 0.25) is 0 Å². The fraction of sp³-hybridized carbons (Fsp3) is 0.385. The van der Waals surface area contributed by atoms with Crippen LogP contribution in [0.3, 0.4) is 0 Å². The molecule has 0 heterocycles. The molecule has 0 saturated heterocycles. The zero-order valence-corrected chi connectivity index (χ0v) is 9.12. The van der Waals surface area contributed by atoms with Gasteiger partial charge in [-0.2, -0.15) is 0 Å². The second-order valence-electron chi connectivity index (χ2n) is 3.77.